The molecule has 1 aromatic carbocycles. The highest BCUT2D eigenvalue weighted by Crippen LogP contribution is 2.43. The second-order valence-corrected chi connectivity index (χ2v) is 6.20. The van der Waals surface area contributed by atoms with E-state index in [9.17, 15) is 5.11 Å². The van der Waals surface area contributed by atoms with Crippen molar-refractivity contribution in [2.45, 2.75) is 31.7 Å². The third-order valence-electron chi connectivity index (χ3n) is 4.94. The van der Waals surface area contributed by atoms with Gasteiger partial charge < -0.3 is 15.2 Å². The van der Waals surface area contributed by atoms with Crippen molar-refractivity contribution in [3.63, 3.8) is 0 Å². The molecule has 3 rings (SSSR count). The van der Waals surface area contributed by atoms with Gasteiger partial charge in [-0.25, -0.2) is 0 Å². The van der Waals surface area contributed by atoms with Gasteiger partial charge in [-0.1, -0.05) is 12.8 Å². The molecule has 1 heterocycles. The standard InChI is InChI=1S/C17H26N2O2.2ClH/c1-21-14-6-7-16(20)15(12-14)17(13-4-2-3-5-13)19-10-8-18-9-11-19;;/h6-7,12-13,17-18,20H,2-5,8-11H2,1H3;2*1H/t17-;;/m0../s1. The number of piperazine rings is 1. The van der Waals surface area contributed by atoms with Crippen LogP contribution in [0.15, 0.2) is 18.2 Å². The van der Waals surface area contributed by atoms with E-state index in [1.165, 1.54) is 25.7 Å². The Morgan fingerprint density at radius 1 is 1.17 bits per heavy atom. The number of hydrogen-bond donors (Lipinski definition) is 2. The van der Waals surface area contributed by atoms with E-state index in [0.29, 0.717) is 17.7 Å². The van der Waals surface area contributed by atoms with Crippen molar-refractivity contribution in [1.29, 1.82) is 0 Å². The van der Waals surface area contributed by atoms with E-state index in [2.05, 4.69) is 10.2 Å². The Hall–Kier alpha value is -0.680. The number of rotatable bonds is 4. The molecule has 1 aliphatic carbocycles. The van der Waals surface area contributed by atoms with E-state index in [1.807, 2.05) is 12.1 Å². The van der Waals surface area contributed by atoms with Crippen LogP contribution in [0, 0.1) is 5.92 Å². The number of nitrogens with zero attached hydrogens (tertiary/aromatic N) is 1. The van der Waals surface area contributed by atoms with Gasteiger partial charge in [0.2, 0.25) is 0 Å². The molecule has 1 aromatic rings. The number of nitrogens with one attached hydrogen (secondary N) is 1. The Morgan fingerprint density at radius 2 is 1.83 bits per heavy atom. The predicted octanol–water partition coefficient (Wildman–Crippen LogP) is 3.38. The maximum absolute atomic E-state index is 10.4. The normalized spacial score (nSPS) is 20.4. The largest absolute Gasteiger partial charge is 0.508 e. The fraction of sp³-hybridized carbons (Fsp3) is 0.647. The molecule has 4 nitrogen and oxygen atoms in total. The fourth-order valence-electron chi connectivity index (χ4n) is 3.88. The average Bonchev–Trinajstić information content (AvgIpc) is 3.04. The second kappa shape index (κ2) is 9.58. The molecule has 1 atom stereocenters. The van der Waals surface area contributed by atoms with Crippen molar-refractivity contribution in [2.24, 2.45) is 5.92 Å². The molecule has 0 bridgehead atoms. The first-order valence-electron chi connectivity index (χ1n) is 8.11. The summed E-state index contributed by atoms with van der Waals surface area (Å²) in [6, 6.07) is 5.96. The fourth-order valence-corrected chi connectivity index (χ4v) is 3.88. The van der Waals surface area contributed by atoms with Gasteiger partial charge in [0.25, 0.3) is 0 Å². The Morgan fingerprint density at radius 3 is 2.43 bits per heavy atom. The first-order chi connectivity index (χ1) is 10.3. The molecule has 2 N–H and O–H groups in total. The van der Waals surface area contributed by atoms with Crippen molar-refractivity contribution in [1.82, 2.24) is 10.2 Å². The number of benzene rings is 1. The Balaban J connectivity index is 0.00000132. The number of aromatic hydroxyl groups is 1. The predicted molar refractivity (Wildman–Crippen MR) is 98.3 cm³/mol. The summed E-state index contributed by atoms with van der Waals surface area (Å²) in [5.41, 5.74) is 1.04. The summed E-state index contributed by atoms with van der Waals surface area (Å²) in [5.74, 6) is 1.90. The number of ether oxygens (including phenoxy) is 1. The van der Waals surface area contributed by atoms with Crippen LogP contribution in [-0.4, -0.2) is 43.3 Å². The van der Waals surface area contributed by atoms with Crippen molar-refractivity contribution in [2.75, 3.05) is 33.3 Å². The van der Waals surface area contributed by atoms with Crippen LogP contribution < -0.4 is 10.1 Å². The lowest BCUT2D eigenvalue weighted by molar-refractivity contribution is 0.123. The summed E-state index contributed by atoms with van der Waals surface area (Å²) in [7, 11) is 1.69. The lowest BCUT2D eigenvalue weighted by atomic mass is 9.89. The Labute approximate surface area is 151 Å². The van der Waals surface area contributed by atoms with Crippen LogP contribution in [0.5, 0.6) is 11.5 Å². The molecule has 0 spiro atoms. The smallest absolute Gasteiger partial charge is 0.120 e. The van der Waals surface area contributed by atoms with Gasteiger partial charge in [0.1, 0.15) is 11.5 Å². The molecular formula is C17H28Cl2N2O2. The van der Waals surface area contributed by atoms with Gasteiger partial charge >= 0.3 is 0 Å². The monoisotopic (exact) mass is 362 g/mol. The van der Waals surface area contributed by atoms with Gasteiger partial charge in [-0.05, 0) is 37.0 Å². The molecule has 1 saturated heterocycles. The summed E-state index contributed by atoms with van der Waals surface area (Å²) in [6.07, 6.45) is 5.17. The molecule has 0 unspecified atom stereocenters. The number of phenolic OH excluding ortho intramolecular Hbond substituents is 1. The maximum Gasteiger partial charge on any atom is 0.120 e. The highest BCUT2D eigenvalue weighted by Gasteiger charge is 2.33. The highest BCUT2D eigenvalue weighted by molar-refractivity contribution is 5.85. The molecule has 0 amide bonds. The van der Waals surface area contributed by atoms with E-state index >= 15 is 0 Å². The molecule has 132 valence electrons. The third kappa shape index (κ3) is 4.66. The van der Waals surface area contributed by atoms with Gasteiger partial charge in [-0.3, -0.25) is 4.90 Å². The van der Waals surface area contributed by atoms with Crippen LogP contribution >= 0.6 is 24.8 Å². The van der Waals surface area contributed by atoms with Crippen molar-refractivity contribution in [3.05, 3.63) is 23.8 Å². The number of methoxy groups -OCH3 is 1. The Kier molecular flexibility index (Phi) is 8.48. The van der Waals surface area contributed by atoms with E-state index < -0.39 is 0 Å². The zero-order valence-electron chi connectivity index (χ0n) is 13.7. The minimum atomic E-state index is 0. The average molecular weight is 363 g/mol. The van der Waals surface area contributed by atoms with Crippen LogP contribution in [0.2, 0.25) is 0 Å². The summed E-state index contributed by atoms with van der Waals surface area (Å²) >= 11 is 0. The summed E-state index contributed by atoms with van der Waals surface area (Å²) in [4.78, 5) is 2.54. The third-order valence-corrected chi connectivity index (χ3v) is 4.94. The number of phenols is 1. The van der Waals surface area contributed by atoms with Gasteiger partial charge in [0, 0.05) is 37.8 Å². The van der Waals surface area contributed by atoms with E-state index in [-0.39, 0.29) is 24.8 Å². The zero-order chi connectivity index (χ0) is 14.7. The zero-order valence-corrected chi connectivity index (χ0v) is 15.3. The Bertz CT molecular complexity index is 476. The molecule has 1 aliphatic heterocycles. The van der Waals surface area contributed by atoms with E-state index in [4.69, 9.17) is 4.74 Å². The lowest BCUT2D eigenvalue weighted by Crippen LogP contribution is -2.46. The van der Waals surface area contributed by atoms with Crippen LogP contribution in [-0.2, 0) is 0 Å². The maximum atomic E-state index is 10.4. The molecule has 6 heteroatoms. The molecule has 23 heavy (non-hydrogen) atoms. The highest BCUT2D eigenvalue weighted by atomic mass is 35.5. The summed E-state index contributed by atoms with van der Waals surface area (Å²) in [5, 5.41) is 13.8. The molecule has 2 aliphatic rings. The van der Waals surface area contributed by atoms with Crippen LogP contribution in [0.4, 0.5) is 0 Å². The number of halogens is 2. The second-order valence-electron chi connectivity index (χ2n) is 6.20. The molecule has 0 radical (unpaired) electrons. The first kappa shape index (κ1) is 20.4. The summed E-state index contributed by atoms with van der Waals surface area (Å²) < 4.78 is 5.37. The van der Waals surface area contributed by atoms with E-state index in [0.717, 1.165) is 37.5 Å². The summed E-state index contributed by atoms with van der Waals surface area (Å²) in [6.45, 7) is 4.18. The molecular weight excluding hydrogens is 335 g/mol. The van der Waals surface area contributed by atoms with Crippen LogP contribution in [0.25, 0.3) is 0 Å². The van der Waals surface area contributed by atoms with E-state index in [1.54, 1.807) is 13.2 Å². The van der Waals surface area contributed by atoms with Crippen molar-refractivity contribution >= 4 is 24.8 Å². The van der Waals surface area contributed by atoms with Gasteiger partial charge in [0.15, 0.2) is 0 Å². The quantitative estimate of drug-likeness (QED) is 0.861. The molecule has 2 fully saturated rings. The molecule has 1 saturated carbocycles. The van der Waals surface area contributed by atoms with Crippen molar-refractivity contribution in [3.8, 4) is 11.5 Å². The van der Waals surface area contributed by atoms with Crippen LogP contribution in [0.3, 0.4) is 0 Å². The van der Waals surface area contributed by atoms with Gasteiger partial charge in [-0.15, -0.1) is 24.8 Å². The number of hydrogen-bond acceptors (Lipinski definition) is 4. The minimum Gasteiger partial charge on any atom is -0.508 e. The molecule has 0 aromatic heterocycles. The topological polar surface area (TPSA) is 44.7 Å². The minimum absolute atomic E-state index is 0. The van der Waals surface area contributed by atoms with Crippen LogP contribution in [0.1, 0.15) is 37.3 Å². The lowest BCUT2D eigenvalue weighted by Gasteiger charge is -2.39. The van der Waals surface area contributed by atoms with Gasteiger partial charge in [-0.2, -0.15) is 0 Å². The van der Waals surface area contributed by atoms with Crippen molar-refractivity contribution < 1.29 is 9.84 Å². The SMILES string of the molecule is COc1ccc(O)c([C@H](C2CCCC2)N2CCNCC2)c1.Cl.Cl. The first-order valence-corrected chi connectivity index (χ1v) is 8.11. The van der Waals surface area contributed by atoms with Gasteiger partial charge in [0.05, 0.1) is 7.11 Å².